The van der Waals surface area contributed by atoms with Crippen LogP contribution in [0, 0.1) is 0 Å². The molecule has 1 aromatic heterocycles. The summed E-state index contributed by atoms with van der Waals surface area (Å²) >= 11 is 0. The van der Waals surface area contributed by atoms with Crippen LogP contribution in [0.5, 0.6) is 17.2 Å². The smallest absolute Gasteiger partial charge is 0.275 e. The average molecular weight is 454 g/mol. The Balaban J connectivity index is 1.64. The number of carbonyl (C=O) groups excluding carboxylic acids is 1. The van der Waals surface area contributed by atoms with Gasteiger partial charge in [-0.2, -0.15) is 5.10 Å². The van der Waals surface area contributed by atoms with Crippen LogP contribution in [0.25, 0.3) is 10.8 Å². The second-order valence-corrected chi connectivity index (χ2v) is 7.39. The fourth-order valence-corrected chi connectivity index (χ4v) is 3.82. The molecule has 0 radical (unpaired) electrons. The molecular formula is C23H26N4O6. The van der Waals surface area contributed by atoms with Gasteiger partial charge in [0.25, 0.3) is 5.56 Å². The van der Waals surface area contributed by atoms with Crippen molar-refractivity contribution in [3.8, 4) is 17.2 Å². The molecule has 0 saturated carbocycles. The van der Waals surface area contributed by atoms with Gasteiger partial charge in [0.15, 0.2) is 17.3 Å². The Morgan fingerprint density at radius 1 is 1.03 bits per heavy atom. The molecule has 2 heterocycles. The lowest BCUT2D eigenvalue weighted by atomic mass is 10.1. The molecule has 2 aromatic carbocycles. The maximum Gasteiger partial charge on any atom is 0.275 e. The molecule has 0 spiro atoms. The second-order valence-electron chi connectivity index (χ2n) is 7.39. The summed E-state index contributed by atoms with van der Waals surface area (Å²) in [4.78, 5) is 28.0. The van der Waals surface area contributed by atoms with Crippen molar-refractivity contribution in [3.63, 3.8) is 0 Å². The van der Waals surface area contributed by atoms with E-state index >= 15 is 0 Å². The molecule has 33 heavy (non-hydrogen) atoms. The standard InChI is InChI=1S/C23H26N4O6/c1-30-18-12-15(13-19(31-2)21(18)32-3)24-20(28)14-27-23(29)17-7-5-4-6-16(17)22(25-27)26-8-10-33-11-9-26/h4-7,12-13H,8-11,14H2,1-3H3,(H,24,28). The summed E-state index contributed by atoms with van der Waals surface area (Å²) in [7, 11) is 4.49. The van der Waals surface area contributed by atoms with Crippen molar-refractivity contribution in [2.24, 2.45) is 0 Å². The first-order chi connectivity index (χ1) is 16.0. The number of carbonyl (C=O) groups is 1. The highest BCUT2D eigenvalue weighted by molar-refractivity contribution is 5.93. The SMILES string of the molecule is COc1cc(NC(=O)Cn2nc(N3CCOCC3)c3ccccc3c2=O)cc(OC)c1OC. The van der Waals surface area contributed by atoms with Crippen LogP contribution in [0.3, 0.4) is 0 Å². The van der Waals surface area contributed by atoms with Crippen LogP contribution in [0.4, 0.5) is 11.5 Å². The number of fused-ring (bicyclic) bond motifs is 1. The minimum atomic E-state index is -0.415. The zero-order valence-corrected chi connectivity index (χ0v) is 18.8. The minimum absolute atomic E-state index is 0.252. The highest BCUT2D eigenvalue weighted by atomic mass is 16.5. The molecule has 0 bridgehead atoms. The van der Waals surface area contributed by atoms with Crippen molar-refractivity contribution in [2.45, 2.75) is 6.54 Å². The van der Waals surface area contributed by atoms with E-state index in [0.29, 0.717) is 60.4 Å². The van der Waals surface area contributed by atoms with Gasteiger partial charge in [-0.1, -0.05) is 18.2 Å². The maximum absolute atomic E-state index is 13.1. The number of methoxy groups -OCH3 is 3. The molecule has 0 unspecified atom stereocenters. The van der Waals surface area contributed by atoms with Crippen LogP contribution >= 0.6 is 0 Å². The van der Waals surface area contributed by atoms with Gasteiger partial charge in [0.2, 0.25) is 11.7 Å². The van der Waals surface area contributed by atoms with Crippen LogP contribution in [-0.2, 0) is 16.1 Å². The van der Waals surface area contributed by atoms with E-state index in [9.17, 15) is 9.59 Å². The largest absolute Gasteiger partial charge is 0.493 e. The Kier molecular flexibility index (Phi) is 6.64. The molecule has 1 aliphatic heterocycles. The van der Waals surface area contributed by atoms with Crippen LogP contribution in [0.1, 0.15) is 0 Å². The Morgan fingerprint density at radius 2 is 1.67 bits per heavy atom. The third kappa shape index (κ3) is 4.56. The van der Waals surface area contributed by atoms with E-state index in [1.165, 1.54) is 26.0 Å². The Hall–Kier alpha value is -3.79. The van der Waals surface area contributed by atoms with Crippen molar-refractivity contribution in [1.29, 1.82) is 0 Å². The van der Waals surface area contributed by atoms with Crippen LogP contribution < -0.4 is 30.0 Å². The van der Waals surface area contributed by atoms with E-state index in [-0.39, 0.29) is 12.1 Å². The van der Waals surface area contributed by atoms with E-state index in [1.807, 2.05) is 12.1 Å². The van der Waals surface area contributed by atoms with Crippen molar-refractivity contribution in [3.05, 3.63) is 46.8 Å². The van der Waals surface area contributed by atoms with E-state index in [1.54, 1.807) is 24.3 Å². The van der Waals surface area contributed by atoms with Crippen molar-refractivity contribution in [2.75, 3.05) is 57.8 Å². The molecule has 0 atom stereocenters. The summed E-state index contributed by atoms with van der Waals surface area (Å²) in [6.07, 6.45) is 0. The molecule has 10 nitrogen and oxygen atoms in total. The number of aromatic nitrogens is 2. The second kappa shape index (κ2) is 9.78. The Bertz CT molecular complexity index is 1190. The topological polar surface area (TPSA) is 104 Å². The quantitative estimate of drug-likeness (QED) is 0.577. The lowest BCUT2D eigenvalue weighted by Gasteiger charge is -2.29. The predicted molar refractivity (Wildman–Crippen MR) is 124 cm³/mol. The number of ether oxygens (including phenoxy) is 4. The molecular weight excluding hydrogens is 428 g/mol. The number of anilines is 2. The highest BCUT2D eigenvalue weighted by Crippen LogP contribution is 2.39. The predicted octanol–water partition coefficient (Wildman–Crippen LogP) is 1.90. The number of morpholine rings is 1. The number of nitrogens with one attached hydrogen (secondary N) is 1. The molecule has 1 saturated heterocycles. The van der Waals surface area contributed by atoms with Crippen LogP contribution in [-0.4, -0.2) is 63.3 Å². The number of nitrogens with zero attached hydrogens (tertiary/aromatic N) is 3. The first-order valence-corrected chi connectivity index (χ1v) is 10.5. The van der Waals surface area contributed by atoms with Gasteiger partial charge in [0.05, 0.1) is 39.9 Å². The van der Waals surface area contributed by atoms with E-state index in [0.717, 1.165) is 5.39 Å². The Labute approximate surface area is 190 Å². The molecule has 174 valence electrons. The fraction of sp³-hybridized carbons (Fsp3) is 0.348. The fourth-order valence-electron chi connectivity index (χ4n) is 3.82. The van der Waals surface area contributed by atoms with Gasteiger partial charge in [0.1, 0.15) is 6.54 Å². The molecule has 1 fully saturated rings. The van der Waals surface area contributed by atoms with Crippen LogP contribution in [0.15, 0.2) is 41.2 Å². The highest BCUT2D eigenvalue weighted by Gasteiger charge is 2.20. The molecule has 4 rings (SSSR count). The zero-order chi connectivity index (χ0) is 23.4. The van der Waals surface area contributed by atoms with E-state index < -0.39 is 5.91 Å². The number of benzene rings is 2. The summed E-state index contributed by atoms with van der Waals surface area (Å²) in [6, 6.07) is 10.5. The third-order valence-electron chi connectivity index (χ3n) is 5.40. The van der Waals surface area contributed by atoms with Crippen molar-refractivity contribution < 1.29 is 23.7 Å². The Morgan fingerprint density at radius 3 is 2.27 bits per heavy atom. The van der Waals surface area contributed by atoms with Crippen molar-refractivity contribution in [1.82, 2.24) is 9.78 Å². The van der Waals surface area contributed by atoms with E-state index in [4.69, 9.17) is 18.9 Å². The molecule has 10 heteroatoms. The minimum Gasteiger partial charge on any atom is -0.493 e. The summed E-state index contributed by atoms with van der Waals surface area (Å²) in [5.41, 5.74) is 0.111. The molecule has 1 N–H and O–H groups in total. The number of amides is 1. The van der Waals surface area contributed by atoms with Crippen molar-refractivity contribution >= 4 is 28.2 Å². The summed E-state index contributed by atoms with van der Waals surface area (Å²) in [5, 5.41) is 8.59. The number of hydrogen-bond acceptors (Lipinski definition) is 8. The van der Waals surface area contributed by atoms with Gasteiger partial charge in [-0.15, -0.1) is 0 Å². The lowest BCUT2D eigenvalue weighted by Crippen LogP contribution is -2.39. The zero-order valence-electron chi connectivity index (χ0n) is 18.8. The number of rotatable bonds is 7. The van der Waals surface area contributed by atoms with Gasteiger partial charge >= 0.3 is 0 Å². The first kappa shape index (κ1) is 22.4. The summed E-state index contributed by atoms with van der Waals surface area (Å²) in [5.74, 6) is 1.47. The normalized spacial score (nSPS) is 13.6. The van der Waals surface area contributed by atoms with Gasteiger partial charge in [-0.05, 0) is 6.07 Å². The van der Waals surface area contributed by atoms with Gasteiger partial charge < -0.3 is 29.2 Å². The number of hydrogen-bond donors (Lipinski definition) is 1. The molecule has 3 aromatic rings. The summed E-state index contributed by atoms with van der Waals surface area (Å²) in [6.45, 7) is 2.23. The van der Waals surface area contributed by atoms with Gasteiger partial charge in [0, 0.05) is 36.3 Å². The van der Waals surface area contributed by atoms with Gasteiger partial charge in [-0.3, -0.25) is 9.59 Å². The first-order valence-electron chi connectivity index (χ1n) is 10.5. The van der Waals surface area contributed by atoms with Crippen LogP contribution in [0.2, 0.25) is 0 Å². The van der Waals surface area contributed by atoms with E-state index in [2.05, 4.69) is 15.3 Å². The monoisotopic (exact) mass is 454 g/mol. The summed E-state index contributed by atoms with van der Waals surface area (Å²) < 4.78 is 22.6. The van der Waals surface area contributed by atoms with Gasteiger partial charge in [-0.25, -0.2) is 4.68 Å². The lowest BCUT2D eigenvalue weighted by molar-refractivity contribution is -0.117. The molecule has 0 aliphatic carbocycles. The average Bonchev–Trinajstić information content (AvgIpc) is 2.85. The maximum atomic E-state index is 13.1. The molecule has 1 aliphatic rings. The molecule has 1 amide bonds. The third-order valence-corrected chi connectivity index (χ3v) is 5.40.